The van der Waals surface area contributed by atoms with E-state index < -0.39 is 0 Å². The molecule has 2 rings (SSSR count). The van der Waals surface area contributed by atoms with Crippen LogP contribution in [0.1, 0.15) is 11.3 Å². The summed E-state index contributed by atoms with van der Waals surface area (Å²) >= 11 is 0. The number of pyridine rings is 1. The number of anilines is 1. The average Bonchev–Trinajstić information content (AvgIpc) is 2.52. The third-order valence-corrected chi connectivity index (χ3v) is 2.94. The van der Waals surface area contributed by atoms with Crippen LogP contribution in [0.3, 0.4) is 0 Å². The van der Waals surface area contributed by atoms with Crippen LogP contribution in [-0.4, -0.2) is 18.1 Å². The smallest absolute Gasteiger partial charge is 0.194 e. The molecule has 0 aliphatic carbocycles. The molecule has 1 heterocycles. The van der Waals surface area contributed by atoms with E-state index in [4.69, 9.17) is 21.1 Å². The normalized spacial score (nSPS) is 9.71. The molecule has 21 heavy (non-hydrogen) atoms. The first-order chi connectivity index (χ1) is 10.2. The Bertz CT molecular complexity index is 692. The Hall–Kier alpha value is -3.07. The van der Waals surface area contributed by atoms with Crippen LogP contribution in [0.15, 0.2) is 42.5 Å². The van der Waals surface area contributed by atoms with E-state index in [0.717, 1.165) is 5.56 Å². The van der Waals surface area contributed by atoms with Gasteiger partial charge < -0.3 is 10.5 Å². The highest BCUT2D eigenvalue weighted by Gasteiger charge is 2.14. The van der Waals surface area contributed by atoms with Gasteiger partial charge in [-0.05, 0) is 18.2 Å². The van der Waals surface area contributed by atoms with Crippen molar-refractivity contribution in [2.75, 3.05) is 12.0 Å². The van der Waals surface area contributed by atoms with Crippen molar-refractivity contribution in [1.82, 2.24) is 4.98 Å². The third kappa shape index (κ3) is 3.28. The fourth-order valence-corrected chi connectivity index (χ4v) is 1.93. The van der Waals surface area contributed by atoms with Crippen LogP contribution >= 0.6 is 0 Å². The van der Waals surface area contributed by atoms with E-state index in [0.29, 0.717) is 18.1 Å². The van der Waals surface area contributed by atoms with Gasteiger partial charge in [-0.3, -0.25) is 10.3 Å². The summed E-state index contributed by atoms with van der Waals surface area (Å²) in [4.78, 5) is 5.68. The number of guanidine groups is 1. The van der Waals surface area contributed by atoms with Crippen molar-refractivity contribution in [3.8, 4) is 11.8 Å². The quantitative estimate of drug-likeness (QED) is 0.658. The van der Waals surface area contributed by atoms with E-state index >= 15 is 0 Å². The number of nitrogens with one attached hydrogen (secondary N) is 1. The lowest BCUT2D eigenvalue weighted by Gasteiger charge is -2.22. The summed E-state index contributed by atoms with van der Waals surface area (Å²) in [5.41, 5.74) is 6.80. The largest absolute Gasteiger partial charge is 0.496 e. The molecule has 0 amide bonds. The second-order valence-corrected chi connectivity index (χ2v) is 4.28. The topological polar surface area (TPSA) is 99.0 Å². The lowest BCUT2D eigenvalue weighted by molar-refractivity contribution is 0.410. The zero-order chi connectivity index (χ0) is 15.2. The zero-order valence-corrected chi connectivity index (χ0v) is 11.6. The number of aromatic nitrogens is 1. The molecule has 0 unspecified atom stereocenters. The second kappa shape index (κ2) is 6.39. The summed E-state index contributed by atoms with van der Waals surface area (Å²) in [6, 6.07) is 14.5. The van der Waals surface area contributed by atoms with Crippen molar-refractivity contribution in [1.29, 1.82) is 10.7 Å². The first kappa shape index (κ1) is 14.3. The second-order valence-electron chi connectivity index (χ2n) is 4.28. The Morgan fingerprint density at radius 1 is 1.33 bits per heavy atom. The van der Waals surface area contributed by atoms with Gasteiger partial charge in [0.05, 0.1) is 13.7 Å². The summed E-state index contributed by atoms with van der Waals surface area (Å²) in [6.45, 7) is 0.335. The number of hydrogen-bond acceptors (Lipinski definition) is 4. The number of ether oxygens (including phenoxy) is 1. The molecule has 1 aromatic carbocycles. The van der Waals surface area contributed by atoms with Gasteiger partial charge in [0.1, 0.15) is 23.3 Å². The fourth-order valence-electron chi connectivity index (χ4n) is 1.93. The minimum Gasteiger partial charge on any atom is -0.496 e. The molecule has 0 spiro atoms. The van der Waals surface area contributed by atoms with Crippen molar-refractivity contribution < 1.29 is 4.74 Å². The van der Waals surface area contributed by atoms with Crippen molar-refractivity contribution in [3.05, 3.63) is 53.7 Å². The Kier molecular flexibility index (Phi) is 4.36. The van der Waals surface area contributed by atoms with Gasteiger partial charge in [-0.1, -0.05) is 24.3 Å². The highest BCUT2D eigenvalue weighted by molar-refractivity contribution is 5.91. The van der Waals surface area contributed by atoms with Crippen molar-refractivity contribution in [3.63, 3.8) is 0 Å². The number of benzene rings is 1. The number of para-hydroxylation sites is 1. The maximum Gasteiger partial charge on any atom is 0.194 e. The molecule has 6 heteroatoms. The monoisotopic (exact) mass is 281 g/mol. The van der Waals surface area contributed by atoms with Crippen LogP contribution in [-0.2, 0) is 6.54 Å². The van der Waals surface area contributed by atoms with Gasteiger partial charge in [-0.15, -0.1) is 0 Å². The SMILES string of the molecule is COc1ccccc1CN(C(=N)N)c1cccc(C#N)n1. The summed E-state index contributed by atoms with van der Waals surface area (Å²) in [5, 5.41) is 16.7. The predicted molar refractivity (Wildman–Crippen MR) is 80.0 cm³/mol. The standard InChI is InChI=1S/C15H15N5O/c1-21-13-7-3-2-5-11(13)10-20(15(17)18)14-8-4-6-12(9-16)19-14/h2-8H,10H2,1H3,(H3,17,18). The minimum atomic E-state index is -0.150. The summed E-state index contributed by atoms with van der Waals surface area (Å²) in [6.07, 6.45) is 0. The van der Waals surface area contributed by atoms with Crippen LogP contribution in [0.25, 0.3) is 0 Å². The summed E-state index contributed by atoms with van der Waals surface area (Å²) < 4.78 is 5.30. The van der Waals surface area contributed by atoms with Gasteiger partial charge in [-0.2, -0.15) is 5.26 Å². The molecule has 0 aliphatic heterocycles. The molecule has 0 radical (unpaired) electrons. The first-order valence-electron chi connectivity index (χ1n) is 6.26. The van der Waals surface area contributed by atoms with Gasteiger partial charge in [0.15, 0.2) is 5.96 Å². The highest BCUT2D eigenvalue weighted by Crippen LogP contribution is 2.22. The lowest BCUT2D eigenvalue weighted by Crippen LogP contribution is -2.36. The van der Waals surface area contributed by atoms with Crippen molar-refractivity contribution in [2.45, 2.75) is 6.54 Å². The van der Waals surface area contributed by atoms with Crippen LogP contribution in [0.5, 0.6) is 5.75 Å². The van der Waals surface area contributed by atoms with Gasteiger partial charge in [0.2, 0.25) is 0 Å². The molecule has 0 saturated heterocycles. The zero-order valence-electron chi connectivity index (χ0n) is 11.6. The van der Waals surface area contributed by atoms with Gasteiger partial charge in [0, 0.05) is 5.56 Å². The molecule has 0 saturated carbocycles. The highest BCUT2D eigenvalue weighted by atomic mass is 16.5. The van der Waals surface area contributed by atoms with Crippen LogP contribution in [0.4, 0.5) is 5.82 Å². The molecule has 0 bridgehead atoms. The molecule has 2 aromatic rings. The van der Waals surface area contributed by atoms with Gasteiger partial charge in [0.25, 0.3) is 0 Å². The number of rotatable bonds is 4. The number of methoxy groups -OCH3 is 1. The Morgan fingerprint density at radius 2 is 2.10 bits per heavy atom. The Labute approximate surface area is 122 Å². The van der Waals surface area contributed by atoms with E-state index in [9.17, 15) is 0 Å². The predicted octanol–water partition coefficient (Wildman–Crippen LogP) is 1.86. The van der Waals surface area contributed by atoms with Crippen LogP contribution in [0, 0.1) is 16.7 Å². The van der Waals surface area contributed by atoms with E-state index in [1.54, 1.807) is 25.3 Å². The van der Waals surface area contributed by atoms with Gasteiger partial charge in [-0.25, -0.2) is 4.98 Å². The molecular formula is C15H15N5O. The fraction of sp³-hybridized carbons (Fsp3) is 0.133. The maximum absolute atomic E-state index is 8.92. The summed E-state index contributed by atoms with van der Waals surface area (Å²) in [7, 11) is 1.59. The molecule has 106 valence electrons. The Balaban J connectivity index is 2.36. The first-order valence-corrected chi connectivity index (χ1v) is 6.26. The molecular weight excluding hydrogens is 266 g/mol. The Morgan fingerprint density at radius 3 is 2.76 bits per heavy atom. The minimum absolute atomic E-state index is 0.150. The van der Waals surface area contributed by atoms with E-state index in [-0.39, 0.29) is 11.7 Å². The molecule has 3 N–H and O–H groups in total. The van der Waals surface area contributed by atoms with Crippen molar-refractivity contribution in [2.24, 2.45) is 5.73 Å². The number of nitrogens with zero attached hydrogens (tertiary/aromatic N) is 3. The van der Waals surface area contributed by atoms with Gasteiger partial charge >= 0.3 is 0 Å². The maximum atomic E-state index is 8.92. The van der Waals surface area contributed by atoms with Crippen LogP contribution < -0.4 is 15.4 Å². The number of hydrogen-bond donors (Lipinski definition) is 2. The van der Waals surface area contributed by atoms with E-state index in [1.807, 2.05) is 30.3 Å². The number of nitriles is 1. The van der Waals surface area contributed by atoms with E-state index in [1.165, 1.54) is 4.90 Å². The summed E-state index contributed by atoms with van der Waals surface area (Å²) in [5.74, 6) is 1.01. The molecule has 0 fully saturated rings. The average molecular weight is 281 g/mol. The lowest BCUT2D eigenvalue weighted by atomic mass is 10.2. The van der Waals surface area contributed by atoms with Crippen molar-refractivity contribution >= 4 is 11.8 Å². The molecule has 6 nitrogen and oxygen atoms in total. The third-order valence-electron chi connectivity index (χ3n) is 2.94. The van der Waals surface area contributed by atoms with E-state index in [2.05, 4.69) is 4.98 Å². The molecule has 0 atom stereocenters. The molecule has 0 aliphatic rings. The van der Waals surface area contributed by atoms with Crippen LogP contribution in [0.2, 0.25) is 0 Å². The molecule has 1 aromatic heterocycles. The number of nitrogens with two attached hydrogens (primary N) is 1.